The Morgan fingerprint density at radius 2 is 1.00 bits per heavy atom. The molecule has 128 valence electrons. The van der Waals surface area contributed by atoms with E-state index in [1.54, 1.807) is 0 Å². The van der Waals surface area contributed by atoms with Crippen molar-refractivity contribution in [1.29, 1.82) is 0 Å². The smallest absolute Gasteiger partial charge is 0.407 e. The van der Waals surface area contributed by atoms with E-state index < -0.39 is 11.2 Å². The van der Waals surface area contributed by atoms with Gasteiger partial charge in [-0.15, -0.1) is 0 Å². The number of hydrogen-bond acceptors (Lipinski definition) is 4. The second-order valence-electron chi connectivity index (χ2n) is 7.84. The van der Waals surface area contributed by atoms with Crippen molar-refractivity contribution in [2.45, 2.75) is 90.5 Å². The third-order valence-corrected chi connectivity index (χ3v) is 3.17. The summed E-state index contributed by atoms with van der Waals surface area (Å²) < 4.78 is 10.5. The molecule has 22 heavy (non-hydrogen) atoms. The van der Waals surface area contributed by atoms with Crippen molar-refractivity contribution in [3.05, 3.63) is 0 Å². The summed E-state index contributed by atoms with van der Waals surface area (Å²) in [6.07, 6.45) is 2.52. The number of alkyl carbamates (subject to hydrolysis) is 2. The van der Waals surface area contributed by atoms with Crippen LogP contribution in [0.5, 0.6) is 0 Å². The molecule has 1 aliphatic carbocycles. The highest BCUT2D eigenvalue weighted by Gasteiger charge is 2.26. The minimum absolute atomic E-state index is 0.103. The summed E-state index contributed by atoms with van der Waals surface area (Å²) >= 11 is 0. The Morgan fingerprint density at radius 3 is 1.23 bits per heavy atom. The SMILES string of the molecule is CC(C)(C)OC(=O)NC1CCC(NC(=O)OC(C)(C)C)CC1. The van der Waals surface area contributed by atoms with Crippen molar-refractivity contribution >= 4 is 12.2 Å². The van der Waals surface area contributed by atoms with Crippen LogP contribution in [-0.2, 0) is 9.47 Å². The van der Waals surface area contributed by atoms with Gasteiger partial charge in [0.15, 0.2) is 0 Å². The second kappa shape index (κ2) is 7.20. The normalized spacial score (nSPS) is 22.6. The first-order valence-electron chi connectivity index (χ1n) is 7.94. The van der Waals surface area contributed by atoms with Crippen LogP contribution in [-0.4, -0.2) is 35.5 Å². The molecule has 0 aromatic rings. The van der Waals surface area contributed by atoms with E-state index in [9.17, 15) is 9.59 Å². The average molecular weight is 314 g/mol. The van der Waals surface area contributed by atoms with Crippen LogP contribution >= 0.6 is 0 Å². The van der Waals surface area contributed by atoms with Gasteiger partial charge in [-0.05, 0) is 67.2 Å². The second-order valence-corrected chi connectivity index (χ2v) is 7.84. The monoisotopic (exact) mass is 314 g/mol. The molecule has 0 bridgehead atoms. The quantitative estimate of drug-likeness (QED) is 0.819. The molecule has 1 aliphatic rings. The van der Waals surface area contributed by atoms with Gasteiger partial charge in [-0.1, -0.05) is 0 Å². The lowest BCUT2D eigenvalue weighted by Crippen LogP contribution is -2.46. The van der Waals surface area contributed by atoms with Crippen molar-refractivity contribution < 1.29 is 19.1 Å². The number of rotatable bonds is 2. The van der Waals surface area contributed by atoms with E-state index in [2.05, 4.69) is 10.6 Å². The summed E-state index contributed by atoms with van der Waals surface area (Å²) in [5, 5.41) is 5.76. The summed E-state index contributed by atoms with van der Waals surface area (Å²) in [6, 6.07) is 0.207. The molecule has 0 saturated heterocycles. The van der Waals surface area contributed by atoms with Gasteiger partial charge in [-0.2, -0.15) is 0 Å². The molecule has 0 atom stereocenters. The minimum Gasteiger partial charge on any atom is -0.444 e. The maximum absolute atomic E-state index is 11.7. The molecule has 2 amide bonds. The van der Waals surface area contributed by atoms with Gasteiger partial charge in [-0.25, -0.2) is 9.59 Å². The van der Waals surface area contributed by atoms with E-state index in [4.69, 9.17) is 9.47 Å². The van der Waals surface area contributed by atoms with Crippen molar-refractivity contribution in [3.8, 4) is 0 Å². The van der Waals surface area contributed by atoms with E-state index in [1.165, 1.54) is 0 Å². The van der Waals surface area contributed by atoms with Gasteiger partial charge >= 0.3 is 12.2 Å². The number of carbonyl (C=O) groups is 2. The van der Waals surface area contributed by atoms with E-state index >= 15 is 0 Å². The Kier molecular flexibility index (Phi) is 6.08. The van der Waals surface area contributed by atoms with Gasteiger partial charge in [0.25, 0.3) is 0 Å². The highest BCUT2D eigenvalue weighted by molar-refractivity contribution is 5.68. The van der Waals surface area contributed by atoms with Crippen molar-refractivity contribution in [2.75, 3.05) is 0 Å². The Balaban J connectivity index is 2.29. The molecule has 0 heterocycles. The van der Waals surface area contributed by atoms with Crippen LogP contribution < -0.4 is 10.6 Å². The molecule has 2 N–H and O–H groups in total. The Morgan fingerprint density at radius 1 is 0.727 bits per heavy atom. The first-order valence-corrected chi connectivity index (χ1v) is 7.94. The highest BCUT2D eigenvalue weighted by atomic mass is 16.6. The predicted molar refractivity (Wildman–Crippen MR) is 84.8 cm³/mol. The molecule has 6 nitrogen and oxygen atoms in total. The number of nitrogens with one attached hydrogen (secondary N) is 2. The van der Waals surface area contributed by atoms with Gasteiger partial charge in [0.05, 0.1) is 0 Å². The lowest BCUT2D eigenvalue weighted by Gasteiger charge is -2.31. The average Bonchev–Trinajstić information content (AvgIpc) is 2.26. The van der Waals surface area contributed by atoms with Crippen LogP contribution in [0.1, 0.15) is 67.2 Å². The number of hydrogen-bond donors (Lipinski definition) is 2. The van der Waals surface area contributed by atoms with E-state index in [0.29, 0.717) is 0 Å². The third kappa shape index (κ3) is 8.10. The molecule has 0 aliphatic heterocycles. The van der Waals surface area contributed by atoms with Crippen molar-refractivity contribution in [2.24, 2.45) is 0 Å². The lowest BCUT2D eigenvalue weighted by molar-refractivity contribution is 0.0447. The summed E-state index contributed by atoms with van der Waals surface area (Å²) in [5.74, 6) is 0. The molecular weight excluding hydrogens is 284 g/mol. The molecule has 0 radical (unpaired) electrons. The minimum atomic E-state index is -0.487. The van der Waals surface area contributed by atoms with Gasteiger partial charge < -0.3 is 20.1 Å². The first kappa shape index (κ1) is 18.6. The lowest BCUT2D eigenvalue weighted by atomic mass is 9.91. The number of carbonyl (C=O) groups excluding carboxylic acids is 2. The van der Waals surface area contributed by atoms with Gasteiger partial charge in [0.2, 0.25) is 0 Å². The number of ether oxygens (including phenoxy) is 2. The van der Waals surface area contributed by atoms with Crippen LogP contribution in [0.3, 0.4) is 0 Å². The zero-order chi connectivity index (χ0) is 17.0. The largest absolute Gasteiger partial charge is 0.444 e. The fourth-order valence-corrected chi connectivity index (χ4v) is 2.33. The molecule has 6 heteroatoms. The first-order chi connectivity index (χ1) is 9.94. The fraction of sp³-hybridized carbons (Fsp3) is 0.875. The Bertz CT molecular complexity index is 350. The summed E-state index contributed by atoms with van der Waals surface area (Å²) in [5.41, 5.74) is -0.973. The fourth-order valence-electron chi connectivity index (χ4n) is 2.33. The standard InChI is InChI=1S/C16H30N2O4/c1-15(2,3)21-13(19)17-11-7-9-12(10-8-11)18-14(20)22-16(4,5)6/h11-12H,7-10H2,1-6H3,(H,17,19)(H,18,20). The number of amides is 2. The van der Waals surface area contributed by atoms with Crippen LogP contribution in [0.15, 0.2) is 0 Å². The van der Waals surface area contributed by atoms with E-state index in [-0.39, 0.29) is 24.3 Å². The molecule has 1 rings (SSSR count). The maximum Gasteiger partial charge on any atom is 0.407 e. The zero-order valence-electron chi connectivity index (χ0n) is 14.6. The predicted octanol–water partition coefficient (Wildman–Crippen LogP) is 3.35. The zero-order valence-corrected chi connectivity index (χ0v) is 14.6. The van der Waals surface area contributed by atoms with E-state index in [1.807, 2.05) is 41.5 Å². The molecule has 0 aromatic carbocycles. The summed E-state index contributed by atoms with van der Waals surface area (Å²) in [7, 11) is 0. The topological polar surface area (TPSA) is 76.7 Å². The van der Waals surface area contributed by atoms with Crippen LogP contribution in [0.25, 0.3) is 0 Å². The third-order valence-electron chi connectivity index (χ3n) is 3.17. The van der Waals surface area contributed by atoms with Crippen LogP contribution in [0, 0.1) is 0 Å². The van der Waals surface area contributed by atoms with Crippen LogP contribution in [0.4, 0.5) is 9.59 Å². The Hall–Kier alpha value is -1.46. The van der Waals surface area contributed by atoms with Crippen molar-refractivity contribution in [1.82, 2.24) is 10.6 Å². The molecule has 0 spiro atoms. The highest BCUT2D eigenvalue weighted by Crippen LogP contribution is 2.20. The summed E-state index contributed by atoms with van der Waals surface area (Å²) in [4.78, 5) is 23.4. The molecule has 0 unspecified atom stereocenters. The molecule has 0 aromatic heterocycles. The van der Waals surface area contributed by atoms with Crippen LogP contribution in [0.2, 0.25) is 0 Å². The summed E-state index contributed by atoms with van der Waals surface area (Å²) in [6.45, 7) is 11.0. The molecule has 1 fully saturated rings. The Labute approximate surface area is 133 Å². The van der Waals surface area contributed by atoms with Gasteiger partial charge in [-0.3, -0.25) is 0 Å². The maximum atomic E-state index is 11.7. The van der Waals surface area contributed by atoms with E-state index in [0.717, 1.165) is 25.7 Å². The molecular formula is C16H30N2O4. The van der Waals surface area contributed by atoms with Crippen molar-refractivity contribution in [3.63, 3.8) is 0 Å². The van der Waals surface area contributed by atoms with Gasteiger partial charge in [0.1, 0.15) is 11.2 Å². The molecule has 1 saturated carbocycles. The van der Waals surface area contributed by atoms with Gasteiger partial charge in [0, 0.05) is 12.1 Å².